The molecule has 4 aromatic carbocycles. The highest BCUT2D eigenvalue weighted by Crippen LogP contribution is 2.53. The van der Waals surface area contributed by atoms with Gasteiger partial charge in [0.1, 0.15) is 11.5 Å². The predicted octanol–water partition coefficient (Wildman–Crippen LogP) is 11.9. The van der Waals surface area contributed by atoms with E-state index in [4.69, 9.17) is 32.7 Å². The number of nitrogens with zero attached hydrogens (tertiary/aromatic N) is 4. The number of hydrogen-bond acceptors (Lipinski definition) is 13. The van der Waals surface area contributed by atoms with Crippen molar-refractivity contribution in [1.29, 1.82) is 0 Å². The molecule has 4 amide bonds. The molecule has 4 aromatic rings. The Kier molecular flexibility index (Phi) is 20.7. The molecule has 98 heavy (non-hydrogen) atoms. The Labute approximate surface area is 591 Å². The van der Waals surface area contributed by atoms with Crippen molar-refractivity contribution in [3.8, 4) is 11.5 Å². The number of rotatable bonds is 3. The summed E-state index contributed by atoms with van der Waals surface area (Å²) in [4.78, 5) is 62.5. The number of amides is 4. The molecule has 4 N–H and O–H groups in total. The van der Waals surface area contributed by atoms with Crippen molar-refractivity contribution in [2.45, 2.75) is 183 Å². The van der Waals surface area contributed by atoms with Crippen molar-refractivity contribution in [3.63, 3.8) is 0 Å². The van der Waals surface area contributed by atoms with Crippen LogP contribution in [0, 0.1) is 41.4 Å². The number of aryl methyl sites for hydroxylation is 2. The number of nitrogens with one attached hydrogen (secondary N) is 2. The first-order chi connectivity index (χ1) is 46.2. The van der Waals surface area contributed by atoms with Gasteiger partial charge in [0.2, 0.25) is 21.8 Å². The van der Waals surface area contributed by atoms with E-state index in [1.807, 2.05) is 56.0 Å². The molecule has 6 aliphatic heterocycles. The maximum absolute atomic E-state index is 13.9. The second-order valence-corrected chi connectivity index (χ2v) is 36.2. The number of fused-ring (bicyclic) bond motifs is 8. The van der Waals surface area contributed by atoms with E-state index in [2.05, 4.69) is 49.4 Å². The smallest absolute Gasteiger partial charge is 0.264 e. The second kappa shape index (κ2) is 28.2. The van der Waals surface area contributed by atoms with Crippen molar-refractivity contribution < 1.29 is 51.5 Å². The molecular formula is C77H102Cl2N6O11S2. The lowest BCUT2D eigenvalue weighted by Crippen LogP contribution is -2.56. The van der Waals surface area contributed by atoms with Crippen LogP contribution in [0.2, 0.25) is 10.0 Å². The lowest BCUT2D eigenvalue weighted by molar-refractivity contribution is -0.145. The van der Waals surface area contributed by atoms with Gasteiger partial charge < -0.3 is 39.3 Å². The zero-order chi connectivity index (χ0) is 68.6. The number of halogens is 2. The second-order valence-electron chi connectivity index (χ2n) is 30.8. The first kappa shape index (κ1) is 72.0. The number of ether oxygens (including phenoxy) is 2. The third kappa shape index (κ3) is 13.9. The van der Waals surface area contributed by atoms with Crippen LogP contribution in [0.5, 0.6) is 11.5 Å². The summed E-state index contributed by atoms with van der Waals surface area (Å²) < 4.78 is 59.1. The van der Waals surface area contributed by atoms with Crippen LogP contribution in [0.1, 0.15) is 181 Å². The SMILES string of the molecule is C.C=S1(=O)NC(=O)c2ccc3c(c2)N(C[C@@H]2CC[C@H]2[C@@](O)(CC(=O)N2CCCC2)CCC[C@H](C)[C@H]1C)C[C@@]1(CCCc2cc(Cl)ccc21)CO3.C[C@@H]1[C@@H](C)C/C=C/[C@@](O)([C@@H]2CCN(C)C2=O)[C@@H]2CC[C@H]2CN2C[C@@]3(CCCc4cc(Cl)ccc43)COc3ccc(cc32)C(=O)NS1(=O)=O. The molecular weight excluding hydrogens is 1320 g/mol. The van der Waals surface area contributed by atoms with Crippen LogP contribution in [0.4, 0.5) is 11.4 Å². The van der Waals surface area contributed by atoms with Crippen LogP contribution in [0.15, 0.2) is 84.9 Å². The summed E-state index contributed by atoms with van der Waals surface area (Å²) in [7, 11) is -5.22. The average Bonchev–Trinajstić information content (AvgIpc) is 0.901. The third-order valence-electron chi connectivity index (χ3n) is 24.9. The molecule has 14 rings (SSSR count). The van der Waals surface area contributed by atoms with Gasteiger partial charge in [-0.05, 0) is 241 Å². The van der Waals surface area contributed by atoms with Gasteiger partial charge in [-0.2, -0.15) is 0 Å². The van der Waals surface area contributed by atoms with E-state index in [0.717, 1.165) is 113 Å². The molecule has 2 spiro atoms. The van der Waals surface area contributed by atoms with E-state index in [0.29, 0.717) is 93.7 Å². The molecule has 0 aromatic heterocycles. The summed E-state index contributed by atoms with van der Waals surface area (Å²) in [6.45, 7) is 13.0. The largest absolute Gasteiger partial charge is 0.490 e. The van der Waals surface area contributed by atoms with Crippen molar-refractivity contribution in [2.75, 3.05) is 75.9 Å². The summed E-state index contributed by atoms with van der Waals surface area (Å²) >= 11 is 12.9. The minimum Gasteiger partial charge on any atom is -0.490 e. The number of allylic oxidation sites excluding steroid dienone is 1. The van der Waals surface area contributed by atoms with Gasteiger partial charge in [-0.1, -0.05) is 75.2 Å². The van der Waals surface area contributed by atoms with E-state index in [1.165, 1.54) is 22.3 Å². The van der Waals surface area contributed by atoms with E-state index in [9.17, 15) is 42.0 Å². The first-order valence-electron chi connectivity index (χ1n) is 35.7. The highest BCUT2D eigenvalue weighted by atomic mass is 35.5. The number of carbonyl (C=O) groups is 4. The maximum atomic E-state index is 13.9. The molecule has 2 saturated heterocycles. The molecule has 17 nitrogen and oxygen atoms in total. The normalized spacial score (nSPS) is 34.9. The van der Waals surface area contributed by atoms with Gasteiger partial charge in [-0.25, -0.2) is 17.3 Å². The third-order valence-corrected chi connectivity index (χ3v) is 29.5. The highest BCUT2D eigenvalue weighted by Gasteiger charge is 2.56. The van der Waals surface area contributed by atoms with E-state index >= 15 is 0 Å². The monoisotopic (exact) mass is 1420 g/mol. The number of benzene rings is 4. The zero-order valence-corrected chi connectivity index (χ0v) is 60.2. The highest BCUT2D eigenvalue weighted by molar-refractivity contribution is 7.99. The Hall–Kier alpha value is -5.83. The molecule has 2 saturated carbocycles. The molecule has 4 aliphatic carbocycles. The Bertz CT molecular complexity index is 3980. The van der Waals surface area contributed by atoms with Crippen LogP contribution in [-0.4, -0.2) is 150 Å². The summed E-state index contributed by atoms with van der Waals surface area (Å²) in [5.74, 6) is 3.44. The molecule has 6 heterocycles. The number of anilines is 2. The van der Waals surface area contributed by atoms with Gasteiger partial charge in [-0.15, -0.1) is 0 Å². The number of sulfonamides is 1. The molecule has 1 unspecified atom stereocenters. The predicted molar refractivity (Wildman–Crippen MR) is 390 cm³/mol. The Morgan fingerprint density at radius 1 is 0.643 bits per heavy atom. The average molecular weight is 1420 g/mol. The fourth-order valence-electron chi connectivity index (χ4n) is 18.4. The van der Waals surface area contributed by atoms with E-state index < -0.39 is 53.9 Å². The number of carbonyl (C=O) groups excluding carboxylic acids is 4. The van der Waals surface area contributed by atoms with Gasteiger partial charge in [0.25, 0.3) is 11.8 Å². The minimum absolute atomic E-state index is 0. The van der Waals surface area contributed by atoms with Crippen LogP contribution in [0.25, 0.3) is 0 Å². The van der Waals surface area contributed by atoms with Gasteiger partial charge in [0.05, 0.1) is 63.1 Å². The molecule has 4 fully saturated rings. The molecule has 21 heteroatoms. The topological polar surface area (TPSA) is 215 Å². The van der Waals surface area contributed by atoms with Crippen LogP contribution >= 0.6 is 23.2 Å². The number of aliphatic hydroxyl groups is 2. The van der Waals surface area contributed by atoms with Crippen molar-refractivity contribution in [3.05, 3.63) is 128 Å². The first-order valence-corrected chi connectivity index (χ1v) is 39.8. The van der Waals surface area contributed by atoms with Crippen molar-refractivity contribution in [1.82, 2.24) is 19.2 Å². The molecule has 532 valence electrons. The maximum Gasteiger partial charge on any atom is 0.264 e. The van der Waals surface area contributed by atoms with E-state index in [1.54, 1.807) is 49.2 Å². The van der Waals surface area contributed by atoms with Gasteiger partial charge in [0.15, 0.2) is 0 Å². The Balaban J connectivity index is 0.000000185. The van der Waals surface area contributed by atoms with Crippen molar-refractivity contribution in [2.24, 2.45) is 41.4 Å². The van der Waals surface area contributed by atoms with E-state index in [-0.39, 0.29) is 82.8 Å². The zero-order valence-electron chi connectivity index (χ0n) is 57.0. The lowest BCUT2D eigenvalue weighted by Gasteiger charge is -2.50. The summed E-state index contributed by atoms with van der Waals surface area (Å²) in [6, 6.07) is 23.0. The van der Waals surface area contributed by atoms with Crippen LogP contribution in [-0.2, 0) is 53.0 Å². The summed E-state index contributed by atoms with van der Waals surface area (Å²) in [5.41, 5.74) is 4.07. The summed E-state index contributed by atoms with van der Waals surface area (Å²) in [6.07, 6.45) is 18.0. The quantitative estimate of drug-likeness (QED) is 0.111. The Morgan fingerprint density at radius 2 is 1.18 bits per heavy atom. The summed E-state index contributed by atoms with van der Waals surface area (Å²) in [5, 5.41) is 25.4. The van der Waals surface area contributed by atoms with Crippen LogP contribution < -0.4 is 28.7 Å². The van der Waals surface area contributed by atoms with Crippen LogP contribution in [0.3, 0.4) is 0 Å². The standard InChI is InChI=1S/C39H52ClN3O5S.C37H46ClN3O6S.CH4/c1-26-8-6-17-39(46,22-36(44)42-18-4-5-19-42)33-13-10-30(33)23-43-24-38(16-7-9-28-20-31(40)12-14-32(28)38)25-48-35-15-11-29(21-34(35)43)37(45)41-49(3,47)27(26)2;1-23-6-4-16-37(44,31-14-17-40(3)35(31)43)30-11-8-27(30)20-41-21-36(15-5-7-25-18-28(38)10-12-29(25)36)22-47-33-13-9-26(19-32(33)41)34(42)39-48(45,46)24(23)2;/h11-12,14-15,20-21,26-27,30,33,46H,3-10,13,16-19,22-25H2,1-2H3,(H,41,45,47);4,9-10,12-13,16,18-19,23-24,27,30-31,44H,5-8,11,14-15,17,20-22H2,1-3H3,(H,39,42);1H4/b;16-4+;/t26-,27+,30-,33+,38-,39-,49?;23-,24+,27-,30+,31+,36-,37-;/m00./s1. The number of hydrogen-bond donors (Lipinski definition) is 4. The molecule has 0 radical (unpaired) electrons. The van der Waals surface area contributed by atoms with Gasteiger partial charge in [0, 0.05) is 90.1 Å². The number of likely N-dealkylation sites (tertiary alicyclic amines) is 2. The van der Waals surface area contributed by atoms with Crippen molar-refractivity contribution >= 4 is 83.8 Å². The fraction of sp³-hybridized carbons (Fsp3) is 0.597. The van der Waals surface area contributed by atoms with Gasteiger partial charge in [-0.3, -0.25) is 23.9 Å². The van der Waals surface area contributed by atoms with Gasteiger partial charge >= 0.3 is 0 Å². The lowest BCUT2D eigenvalue weighted by atomic mass is 9.60. The Morgan fingerprint density at radius 3 is 1.70 bits per heavy atom. The molecule has 14 atom stereocenters. The molecule has 10 aliphatic rings. The molecule has 4 bridgehead atoms. The minimum atomic E-state index is -4.02. The fourth-order valence-corrected chi connectivity index (χ4v) is 21.5.